The highest BCUT2D eigenvalue weighted by atomic mass is 32.1. The van der Waals surface area contributed by atoms with E-state index >= 15 is 0 Å². The van der Waals surface area contributed by atoms with E-state index in [9.17, 15) is 4.79 Å². The van der Waals surface area contributed by atoms with Crippen LogP contribution in [0.2, 0.25) is 0 Å². The fourth-order valence-corrected chi connectivity index (χ4v) is 2.22. The Hall–Kier alpha value is -1.29. The zero-order chi connectivity index (χ0) is 11.8. The molecule has 0 radical (unpaired) electrons. The highest BCUT2D eigenvalue weighted by Gasteiger charge is 2.22. The molecule has 0 N–H and O–H groups in total. The van der Waals surface area contributed by atoms with E-state index in [4.69, 9.17) is 0 Å². The summed E-state index contributed by atoms with van der Waals surface area (Å²) in [6.07, 6.45) is 1.92. The van der Waals surface area contributed by atoms with Gasteiger partial charge in [0, 0.05) is 5.41 Å². The molecule has 0 aromatic carbocycles. The smallest absolute Gasteiger partial charge is 0.144 e. The average Bonchev–Trinajstić information content (AvgIpc) is 2.65. The largest absolute Gasteiger partial charge is 0.299 e. The topological polar surface area (TPSA) is 42.9 Å². The average molecular weight is 234 g/mol. The van der Waals surface area contributed by atoms with Crippen molar-refractivity contribution in [2.24, 2.45) is 5.41 Å². The molecule has 2 heterocycles. The van der Waals surface area contributed by atoms with Gasteiger partial charge in [-0.3, -0.25) is 4.79 Å². The summed E-state index contributed by atoms with van der Waals surface area (Å²) < 4.78 is 1.03. The number of Topliss-reactive ketones (excluding diaryl/α,β-unsaturated/α-hetero) is 1. The summed E-state index contributed by atoms with van der Waals surface area (Å²) in [5, 5.41) is 1.98. The van der Waals surface area contributed by atoms with Gasteiger partial charge in [-0.25, -0.2) is 9.97 Å². The van der Waals surface area contributed by atoms with Gasteiger partial charge in [-0.15, -0.1) is 11.3 Å². The molecule has 84 valence electrons. The van der Waals surface area contributed by atoms with Crippen LogP contribution in [0.4, 0.5) is 0 Å². The van der Waals surface area contributed by atoms with Gasteiger partial charge in [0.15, 0.2) is 0 Å². The predicted octanol–water partition coefficient (Wildman–Crippen LogP) is 2.85. The van der Waals surface area contributed by atoms with E-state index in [1.54, 1.807) is 11.3 Å². The molecule has 2 aromatic heterocycles. The van der Waals surface area contributed by atoms with Crippen molar-refractivity contribution < 1.29 is 4.79 Å². The molecule has 0 saturated carbocycles. The zero-order valence-electron chi connectivity index (χ0n) is 9.65. The van der Waals surface area contributed by atoms with Crippen molar-refractivity contribution in [2.45, 2.75) is 27.2 Å². The number of ketones is 1. The first-order valence-corrected chi connectivity index (χ1v) is 6.07. The van der Waals surface area contributed by atoms with Crippen LogP contribution in [-0.2, 0) is 11.2 Å². The van der Waals surface area contributed by atoms with Gasteiger partial charge in [0.2, 0.25) is 0 Å². The fraction of sp³-hybridized carbons (Fsp3) is 0.417. The first-order chi connectivity index (χ1) is 7.48. The van der Waals surface area contributed by atoms with Gasteiger partial charge in [0.25, 0.3) is 0 Å². The van der Waals surface area contributed by atoms with Crippen molar-refractivity contribution in [2.75, 3.05) is 0 Å². The number of thiophene rings is 1. The Morgan fingerprint density at radius 3 is 2.81 bits per heavy atom. The molecule has 0 unspecified atom stereocenters. The van der Waals surface area contributed by atoms with Crippen LogP contribution >= 0.6 is 11.3 Å². The quantitative estimate of drug-likeness (QED) is 0.802. The van der Waals surface area contributed by atoms with Crippen molar-refractivity contribution in [1.82, 2.24) is 9.97 Å². The summed E-state index contributed by atoms with van der Waals surface area (Å²) in [6.45, 7) is 5.80. The maximum atomic E-state index is 11.9. The normalized spacial score (nSPS) is 11.9. The van der Waals surface area contributed by atoms with Gasteiger partial charge in [0.05, 0.1) is 22.3 Å². The molecule has 2 aromatic rings. The van der Waals surface area contributed by atoms with Crippen molar-refractivity contribution in [3.63, 3.8) is 0 Å². The van der Waals surface area contributed by atoms with Crippen molar-refractivity contribution in [3.8, 4) is 0 Å². The minimum absolute atomic E-state index is 0.209. The summed E-state index contributed by atoms with van der Waals surface area (Å²) in [5.74, 6) is 0.209. The summed E-state index contributed by atoms with van der Waals surface area (Å²) in [7, 11) is 0. The fourth-order valence-electron chi connectivity index (χ4n) is 1.38. The number of rotatable bonds is 2. The lowest BCUT2D eigenvalue weighted by Crippen LogP contribution is -2.22. The summed E-state index contributed by atoms with van der Waals surface area (Å²) >= 11 is 1.59. The van der Waals surface area contributed by atoms with Gasteiger partial charge in [-0.2, -0.15) is 0 Å². The molecular weight excluding hydrogens is 220 g/mol. The van der Waals surface area contributed by atoms with E-state index in [2.05, 4.69) is 9.97 Å². The van der Waals surface area contributed by atoms with Gasteiger partial charge < -0.3 is 0 Å². The first kappa shape index (κ1) is 11.2. The minimum Gasteiger partial charge on any atom is -0.299 e. The number of carbonyl (C=O) groups is 1. The molecule has 0 bridgehead atoms. The monoisotopic (exact) mass is 234 g/mol. The molecule has 3 nitrogen and oxygen atoms in total. The molecule has 0 aliphatic rings. The SMILES string of the molecule is CC(C)(C)C(=O)Cc1ncnc2ccsc12. The lowest BCUT2D eigenvalue weighted by molar-refractivity contribution is -0.125. The molecule has 0 saturated heterocycles. The molecule has 0 fully saturated rings. The zero-order valence-corrected chi connectivity index (χ0v) is 10.5. The lowest BCUT2D eigenvalue weighted by atomic mass is 9.88. The Morgan fingerprint density at radius 1 is 1.38 bits per heavy atom. The maximum absolute atomic E-state index is 11.9. The molecule has 4 heteroatoms. The predicted molar refractivity (Wildman–Crippen MR) is 65.6 cm³/mol. The Kier molecular flexibility index (Phi) is 2.76. The van der Waals surface area contributed by atoms with Crippen LogP contribution in [0.5, 0.6) is 0 Å². The standard InChI is InChI=1S/C12H14N2OS/c1-12(2,3)10(15)6-9-11-8(4-5-16-11)13-7-14-9/h4-5,7H,6H2,1-3H3. The number of aromatic nitrogens is 2. The highest BCUT2D eigenvalue weighted by Crippen LogP contribution is 2.24. The third kappa shape index (κ3) is 2.11. The lowest BCUT2D eigenvalue weighted by Gasteiger charge is -2.16. The van der Waals surface area contributed by atoms with Gasteiger partial charge in [-0.1, -0.05) is 20.8 Å². The van der Waals surface area contributed by atoms with Crippen LogP contribution in [0.3, 0.4) is 0 Å². The summed E-state index contributed by atoms with van der Waals surface area (Å²) in [4.78, 5) is 20.3. The second-order valence-corrected chi connectivity index (χ2v) is 5.72. The van der Waals surface area contributed by atoms with Crippen LogP contribution < -0.4 is 0 Å². The number of hydrogen-bond donors (Lipinski definition) is 0. The minimum atomic E-state index is -0.311. The molecule has 0 atom stereocenters. The van der Waals surface area contributed by atoms with Gasteiger partial charge >= 0.3 is 0 Å². The van der Waals surface area contributed by atoms with E-state index in [-0.39, 0.29) is 11.2 Å². The third-order valence-corrected chi connectivity index (χ3v) is 3.43. The number of carbonyl (C=O) groups excluding carboxylic acids is 1. The van der Waals surface area contributed by atoms with E-state index in [0.717, 1.165) is 15.9 Å². The van der Waals surface area contributed by atoms with Crippen molar-refractivity contribution in [3.05, 3.63) is 23.5 Å². The van der Waals surface area contributed by atoms with E-state index in [1.807, 2.05) is 32.2 Å². The Balaban J connectivity index is 2.35. The van der Waals surface area contributed by atoms with Crippen molar-refractivity contribution >= 4 is 27.3 Å². The third-order valence-electron chi connectivity index (χ3n) is 2.48. The molecule has 0 aliphatic carbocycles. The molecule has 16 heavy (non-hydrogen) atoms. The van der Waals surface area contributed by atoms with Gasteiger partial charge in [0.1, 0.15) is 12.1 Å². The Morgan fingerprint density at radius 2 is 2.12 bits per heavy atom. The first-order valence-electron chi connectivity index (χ1n) is 5.19. The van der Waals surface area contributed by atoms with E-state index in [1.165, 1.54) is 6.33 Å². The Bertz CT molecular complexity index is 525. The van der Waals surface area contributed by atoms with Crippen LogP contribution in [-0.4, -0.2) is 15.8 Å². The Labute approximate surface area is 98.5 Å². The van der Waals surface area contributed by atoms with Gasteiger partial charge in [-0.05, 0) is 11.4 Å². The summed E-state index contributed by atoms with van der Waals surface area (Å²) in [5.41, 5.74) is 1.46. The van der Waals surface area contributed by atoms with Crippen molar-refractivity contribution in [1.29, 1.82) is 0 Å². The second-order valence-electron chi connectivity index (χ2n) is 4.81. The van der Waals surface area contributed by atoms with Crippen LogP contribution in [0.15, 0.2) is 17.8 Å². The second kappa shape index (κ2) is 3.94. The number of hydrogen-bond acceptors (Lipinski definition) is 4. The van der Waals surface area contributed by atoms with Crippen LogP contribution in [0.25, 0.3) is 10.2 Å². The van der Waals surface area contributed by atoms with Crippen LogP contribution in [0.1, 0.15) is 26.5 Å². The number of fused-ring (bicyclic) bond motifs is 1. The van der Waals surface area contributed by atoms with E-state index < -0.39 is 0 Å². The molecular formula is C12H14N2OS. The number of nitrogens with zero attached hydrogens (tertiary/aromatic N) is 2. The van der Waals surface area contributed by atoms with Crippen LogP contribution in [0, 0.1) is 5.41 Å². The van der Waals surface area contributed by atoms with E-state index in [0.29, 0.717) is 6.42 Å². The molecule has 2 rings (SSSR count). The highest BCUT2D eigenvalue weighted by molar-refractivity contribution is 7.17. The molecule has 0 aliphatic heterocycles. The molecule has 0 amide bonds. The maximum Gasteiger partial charge on any atom is 0.144 e. The molecule has 0 spiro atoms. The summed E-state index contributed by atoms with van der Waals surface area (Å²) in [6, 6.07) is 1.95.